The molecule has 8 heteroatoms. The molecular formula is C15H25N3O4S. The predicted molar refractivity (Wildman–Crippen MR) is 88.8 cm³/mol. The lowest BCUT2D eigenvalue weighted by Crippen LogP contribution is -2.35. The van der Waals surface area contributed by atoms with Crippen molar-refractivity contribution in [1.82, 2.24) is 9.71 Å². The molecule has 0 aliphatic heterocycles. The van der Waals surface area contributed by atoms with Gasteiger partial charge in [0.2, 0.25) is 10.0 Å². The first-order valence-corrected chi connectivity index (χ1v) is 9.17. The number of anilines is 1. The zero-order chi connectivity index (χ0) is 17.6. The Balaban J connectivity index is 2.89. The highest BCUT2D eigenvalue weighted by Crippen LogP contribution is 2.15. The van der Waals surface area contributed by atoms with E-state index in [4.69, 9.17) is 5.11 Å². The summed E-state index contributed by atoms with van der Waals surface area (Å²) >= 11 is 0. The van der Waals surface area contributed by atoms with E-state index < -0.39 is 22.0 Å². The van der Waals surface area contributed by atoms with Gasteiger partial charge in [0.15, 0.2) is 0 Å². The highest BCUT2D eigenvalue weighted by molar-refractivity contribution is 7.89. The normalized spacial score (nSPS) is 13.3. The number of carboxylic acid groups (broad SMARTS) is 1. The first kappa shape index (κ1) is 19.4. The minimum absolute atomic E-state index is 0.0615. The van der Waals surface area contributed by atoms with Crippen LogP contribution in [-0.2, 0) is 14.8 Å². The zero-order valence-electron chi connectivity index (χ0n) is 13.9. The third-order valence-corrected chi connectivity index (χ3v) is 5.10. The van der Waals surface area contributed by atoms with Gasteiger partial charge in [0.05, 0.1) is 0 Å². The molecule has 0 aromatic carbocycles. The van der Waals surface area contributed by atoms with Gasteiger partial charge in [0.1, 0.15) is 16.8 Å². The fraction of sp³-hybridized carbons (Fsp3) is 0.600. The molecule has 0 unspecified atom stereocenters. The van der Waals surface area contributed by atoms with Crippen molar-refractivity contribution in [1.29, 1.82) is 0 Å². The molecule has 130 valence electrons. The van der Waals surface area contributed by atoms with E-state index in [1.807, 2.05) is 13.8 Å². The van der Waals surface area contributed by atoms with Crippen molar-refractivity contribution in [2.45, 2.75) is 57.5 Å². The Kier molecular flexibility index (Phi) is 6.96. The van der Waals surface area contributed by atoms with Crippen molar-refractivity contribution < 1.29 is 18.3 Å². The van der Waals surface area contributed by atoms with Crippen LogP contribution in [0.15, 0.2) is 23.2 Å². The SMILES string of the molecule is CCC(CC)NS(=O)(=O)c1ccc(N[C@H](C(=O)O)C(C)C)nc1. The summed E-state index contributed by atoms with van der Waals surface area (Å²) in [6.45, 7) is 7.40. The van der Waals surface area contributed by atoms with E-state index in [-0.39, 0.29) is 16.9 Å². The molecule has 0 radical (unpaired) electrons. The van der Waals surface area contributed by atoms with Crippen molar-refractivity contribution in [2.24, 2.45) is 5.92 Å². The number of nitrogens with zero attached hydrogens (tertiary/aromatic N) is 1. The van der Waals surface area contributed by atoms with Gasteiger partial charge < -0.3 is 10.4 Å². The minimum atomic E-state index is -3.62. The van der Waals surface area contributed by atoms with Gasteiger partial charge in [-0.2, -0.15) is 0 Å². The minimum Gasteiger partial charge on any atom is -0.480 e. The van der Waals surface area contributed by atoms with Crippen LogP contribution in [0.4, 0.5) is 5.82 Å². The number of aliphatic carboxylic acids is 1. The standard InChI is InChI=1S/C15H25N3O4S/c1-5-11(6-2)18-23(21,22)12-7-8-13(16-9-12)17-14(10(3)4)15(19)20/h7-11,14,18H,5-6H2,1-4H3,(H,16,17)(H,19,20)/t14-/m0/s1. The van der Waals surface area contributed by atoms with Gasteiger partial charge >= 0.3 is 5.97 Å². The summed E-state index contributed by atoms with van der Waals surface area (Å²) in [7, 11) is -3.62. The first-order valence-electron chi connectivity index (χ1n) is 7.69. The fourth-order valence-corrected chi connectivity index (χ4v) is 3.39. The Labute approximate surface area is 137 Å². The van der Waals surface area contributed by atoms with Crippen LogP contribution in [-0.4, -0.2) is 36.6 Å². The number of sulfonamides is 1. The average molecular weight is 343 g/mol. The maximum Gasteiger partial charge on any atom is 0.326 e. The summed E-state index contributed by atoms with van der Waals surface area (Å²) in [5, 5.41) is 11.9. The third kappa shape index (κ3) is 5.47. The molecule has 0 aliphatic rings. The van der Waals surface area contributed by atoms with Crippen LogP contribution in [0.25, 0.3) is 0 Å². The summed E-state index contributed by atoms with van der Waals surface area (Å²) < 4.78 is 27.1. The second-order valence-electron chi connectivity index (χ2n) is 5.72. The van der Waals surface area contributed by atoms with Gasteiger partial charge in [0, 0.05) is 12.2 Å². The van der Waals surface area contributed by atoms with E-state index in [9.17, 15) is 13.2 Å². The Morgan fingerprint density at radius 2 is 1.87 bits per heavy atom. The monoisotopic (exact) mass is 343 g/mol. The predicted octanol–water partition coefficient (Wildman–Crippen LogP) is 2.07. The average Bonchev–Trinajstić information content (AvgIpc) is 2.50. The van der Waals surface area contributed by atoms with E-state index in [1.54, 1.807) is 13.8 Å². The number of aromatic nitrogens is 1. The van der Waals surface area contributed by atoms with Gasteiger partial charge in [-0.3, -0.25) is 0 Å². The number of carbonyl (C=O) groups is 1. The Hall–Kier alpha value is -1.67. The number of nitrogens with one attached hydrogen (secondary N) is 2. The van der Waals surface area contributed by atoms with Crippen LogP contribution in [0, 0.1) is 5.92 Å². The zero-order valence-corrected chi connectivity index (χ0v) is 14.7. The van der Waals surface area contributed by atoms with E-state index in [0.29, 0.717) is 18.7 Å². The number of carboxylic acids is 1. The van der Waals surface area contributed by atoms with Crippen LogP contribution in [0.1, 0.15) is 40.5 Å². The second-order valence-corrected chi connectivity index (χ2v) is 7.43. The lowest BCUT2D eigenvalue weighted by atomic mass is 10.1. The van der Waals surface area contributed by atoms with Crippen molar-refractivity contribution in [3.8, 4) is 0 Å². The van der Waals surface area contributed by atoms with Crippen LogP contribution in [0.3, 0.4) is 0 Å². The van der Waals surface area contributed by atoms with Gasteiger partial charge in [-0.05, 0) is 30.9 Å². The number of rotatable bonds is 9. The van der Waals surface area contributed by atoms with Crippen LogP contribution < -0.4 is 10.0 Å². The van der Waals surface area contributed by atoms with Crippen molar-refractivity contribution in [3.63, 3.8) is 0 Å². The van der Waals surface area contributed by atoms with Crippen LogP contribution in [0.2, 0.25) is 0 Å². The van der Waals surface area contributed by atoms with Gasteiger partial charge in [-0.1, -0.05) is 27.7 Å². The molecular weight excluding hydrogens is 318 g/mol. The van der Waals surface area contributed by atoms with E-state index in [0.717, 1.165) is 0 Å². The molecule has 0 amide bonds. The molecule has 0 bridgehead atoms. The maximum absolute atomic E-state index is 12.2. The van der Waals surface area contributed by atoms with E-state index in [2.05, 4.69) is 15.0 Å². The summed E-state index contributed by atoms with van der Waals surface area (Å²) in [5.74, 6) is -0.782. The summed E-state index contributed by atoms with van der Waals surface area (Å²) in [4.78, 5) is 15.2. The van der Waals surface area contributed by atoms with Gasteiger partial charge in [-0.25, -0.2) is 22.9 Å². The molecule has 1 aromatic rings. The largest absolute Gasteiger partial charge is 0.480 e. The Morgan fingerprint density at radius 1 is 1.26 bits per heavy atom. The highest BCUT2D eigenvalue weighted by Gasteiger charge is 2.22. The number of hydrogen-bond donors (Lipinski definition) is 3. The molecule has 0 aliphatic carbocycles. The smallest absolute Gasteiger partial charge is 0.326 e. The second kappa shape index (κ2) is 8.26. The lowest BCUT2D eigenvalue weighted by Gasteiger charge is -2.19. The molecule has 0 saturated heterocycles. The van der Waals surface area contributed by atoms with Crippen LogP contribution in [0.5, 0.6) is 0 Å². The van der Waals surface area contributed by atoms with E-state index >= 15 is 0 Å². The molecule has 0 saturated carbocycles. The molecule has 0 spiro atoms. The lowest BCUT2D eigenvalue weighted by molar-refractivity contribution is -0.138. The number of pyridine rings is 1. The summed E-state index contributed by atoms with van der Waals surface area (Å²) in [5.41, 5.74) is 0. The van der Waals surface area contributed by atoms with Gasteiger partial charge in [-0.15, -0.1) is 0 Å². The molecule has 7 nitrogen and oxygen atoms in total. The highest BCUT2D eigenvalue weighted by atomic mass is 32.2. The third-order valence-electron chi connectivity index (χ3n) is 3.59. The molecule has 0 fully saturated rings. The van der Waals surface area contributed by atoms with Crippen molar-refractivity contribution in [3.05, 3.63) is 18.3 Å². The van der Waals surface area contributed by atoms with Crippen molar-refractivity contribution in [2.75, 3.05) is 5.32 Å². The molecule has 1 heterocycles. The van der Waals surface area contributed by atoms with Gasteiger partial charge in [0.25, 0.3) is 0 Å². The molecule has 1 rings (SSSR count). The number of hydrogen-bond acceptors (Lipinski definition) is 5. The Morgan fingerprint density at radius 3 is 2.26 bits per heavy atom. The van der Waals surface area contributed by atoms with Crippen LogP contribution >= 0.6 is 0 Å². The maximum atomic E-state index is 12.2. The summed E-state index contributed by atoms with van der Waals surface area (Å²) in [6.07, 6.45) is 2.64. The van der Waals surface area contributed by atoms with E-state index in [1.165, 1.54) is 18.3 Å². The molecule has 1 atom stereocenters. The molecule has 3 N–H and O–H groups in total. The van der Waals surface area contributed by atoms with Crippen molar-refractivity contribution >= 4 is 21.8 Å². The first-order chi connectivity index (χ1) is 10.7. The summed E-state index contributed by atoms with van der Waals surface area (Å²) in [6, 6.07) is 1.99. The molecule has 1 aromatic heterocycles. The topological polar surface area (TPSA) is 108 Å². The molecule has 23 heavy (non-hydrogen) atoms. The Bertz CT molecular complexity index is 610. The quantitative estimate of drug-likeness (QED) is 0.633. The fourth-order valence-electron chi connectivity index (χ4n) is 2.04.